The number of hydrogen-bond donors (Lipinski definition) is 2. The Hall–Kier alpha value is -0.820. The highest BCUT2D eigenvalue weighted by Gasteiger charge is 2.45. The monoisotopic (exact) mass is 229 g/mol. The molecule has 0 radical (unpaired) electrons. The van der Waals surface area contributed by atoms with Crippen molar-refractivity contribution in [2.75, 3.05) is 0 Å². The van der Waals surface area contributed by atoms with E-state index in [4.69, 9.17) is 5.11 Å². The topological polar surface area (TPSA) is 72.5 Å². The van der Waals surface area contributed by atoms with Gasteiger partial charge in [-0.15, -0.1) is 0 Å². The molecule has 0 saturated heterocycles. The zero-order chi connectivity index (χ0) is 12.4. The van der Waals surface area contributed by atoms with E-state index in [1.165, 1.54) is 20.8 Å². The first-order valence-electron chi connectivity index (χ1n) is 4.18. The predicted octanol–water partition coefficient (Wildman–Crippen LogP) is 0.579. The van der Waals surface area contributed by atoms with Gasteiger partial charge in [-0.05, 0) is 20.8 Å². The molecule has 0 aromatic carbocycles. The van der Waals surface area contributed by atoms with Gasteiger partial charge in [-0.2, -0.15) is 13.2 Å². The summed E-state index contributed by atoms with van der Waals surface area (Å²) in [7, 11) is 0. The van der Waals surface area contributed by atoms with Crippen LogP contribution in [-0.2, 0) is 9.53 Å². The Morgan fingerprint density at radius 1 is 1.33 bits per heavy atom. The second-order valence-corrected chi connectivity index (χ2v) is 4.05. The fourth-order valence-electron chi connectivity index (χ4n) is 0.688. The molecule has 4 nitrogen and oxygen atoms in total. The number of alkyl halides is 3. The Bertz CT molecular complexity index is 234. The van der Waals surface area contributed by atoms with Crippen LogP contribution < -0.4 is 5.73 Å². The average Bonchev–Trinajstić information content (AvgIpc) is 1.96. The molecule has 2 atom stereocenters. The average molecular weight is 229 g/mol. The standard InChI is InChI=1S/C8H14F3NO3/c1-7(2,3)15-6(14)4(13)5(12)8(9,10)11/h4-5,13H,12H2,1-3H3/t4-,5-/m1/s1. The lowest BCUT2D eigenvalue weighted by molar-refractivity contribution is -0.192. The summed E-state index contributed by atoms with van der Waals surface area (Å²) in [5.41, 5.74) is 3.67. The maximum Gasteiger partial charge on any atom is 0.406 e. The van der Waals surface area contributed by atoms with Gasteiger partial charge in [-0.3, -0.25) is 0 Å². The van der Waals surface area contributed by atoms with Gasteiger partial charge in [0.25, 0.3) is 0 Å². The number of nitrogens with two attached hydrogens (primary N) is 1. The molecule has 0 amide bonds. The van der Waals surface area contributed by atoms with E-state index in [0.29, 0.717) is 0 Å². The molecular weight excluding hydrogens is 215 g/mol. The summed E-state index contributed by atoms with van der Waals surface area (Å²) in [6.07, 6.45) is -7.24. The lowest BCUT2D eigenvalue weighted by Gasteiger charge is -2.25. The molecule has 0 unspecified atom stereocenters. The predicted molar refractivity (Wildman–Crippen MR) is 45.9 cm³/mol. The molecule has 0 saturated carbocycles. The minimum atomic E-state index is -4.84. The van der Waals surface area contributed by atoms with E-state index in [2.05, 4.69) is 10.5 Å². The third-order valence-electron chi connectivity index (χ3n) is 1.37. The van der Waals surface area contributed by atoms with Crippen LogP contribution in [0.1, 0.15) is 20.8 Å². The van der Waals surface area contributed by atoms with E-state index in [1.54, 1.807) is 0 Å². The Morgan fingerprint density at radius 3 is 2.00 bits per heavy atom. The van der Waals surface area contributed by atoms with Gasteiger partial charge in [0.2, 0.25) is 0 Å². The van der Waals surface area contributed by atoms with Crippen LogP contribution in [0, 0.1) is 0 Å². The molecule has 0 aliphatic carbocycles. The van der Waals surface area contributed by atoms with Gasteiger partial charge in [-0.1, -0.05) is 0 Å². The van der Waals surface area contributed by atoms with Gasteiger partial charge in [0.05, 0.1) is 0 Å². The number of hydrogen-bond acceptors (Lipinski definition) is 4. The highest BCUT2D eigenvalue weighted by atomic mass is 19.4. The first-order chi connectivity index (χ1) is 6.45. The number of halogens is 3. The van der Waals surface area contributed by atoms with Crippen LogP contribution in [0.15, 0.2) is 0 Å². The molecule has 0 aliphatic heterocycles. The molecule has 0 aromatic rings. The largest absolute Gasteiger partial charge is 0.458 e. The van der Waals surface area contributed by atoms with E-state index in [1.807, 2.05) is 0 Å². The summed E-state index contributed by atoms with van der Waals surface area (Å²) >= 11 is 0. The number of rotatable bonds is 2. The molecule has 15 heavy (non-hydrogen) atoms. The lowest BCUT2D eigenvalue weighted by Crippen LogP contribution is -2.52. The molecule has 7 heteroatoms. The number of esters is 1. The van der Waals surface area contributed by atoms with Crippen LogP contribution in [0.2, 0.25) is 0 Å². The Balaban J connectivity index is 4.46. The highest BCUT2D eigenvalue weighted by molar-refractivity contribution is 5.75. The number of aliphatic hydroxyl groups is 1. The maximum atomic E-state index is 12.0. The van der Waals surface area contributed by atoms with Gasteiger partial charge < -0.3 is 15.6 Å². The molecule has 90 valence electrons. The number of ether oxygens (including phenoxy) is 1. The van der Waals surface area contributed by atoms with Crippen molar-refractivity contribution in [2.45, 2.75) is 44.7 Å². The van der Waals surface area contributed by atoms with Crippen LogP contribution in [0.4, 0.5) is 13.2 Å². The van der Waals surface area contributed by atoms with E-state index >= 15 is 0 Å². The lowest BCUT2D eigenvalue weighted by atomic mass is 10.1. The van der Waals surface area contributed by atoms with Crippen molar-refractivity contribution in [1.29, 1.82) is 0 Å². The minimum absolute atomic E-state index is 0.969. The fourth-order valence-corrected chi connectivity index (χ4v) is 0.688. The summed E-state index contributed by atoms with van der Waals surface area (Å²) in [4.78, 5) is 11.0. The molecule has 0 spiro atoms. The Kier molecular flexibility index (Phi) is 4.12. The van der Waals surface area contributed by atoms with E-state index in [-0.39, 0.29) is 0 Å². The Morgan fingerprint density at radius 2 is 1.73 bits per heavy atom. The second kappa shape index (κ2) is 4.36. The third kappa shape index (κ3) is 4.98. The molecular formula is C8H14F3NO3. The molecule has 0 aliphatic rings. The van der Waals surface area contributed by atoms with Crippen molar-refractivity contribution >= 4 is 5.97 Å². The second-order valence-electron chi connectivity index (χ2n) is 4.05. The van der Waals surface area contributed by atoms with E-state index < -0.39 is 29.9 Å². The maximum absolute atomic E-state index is 12.0. The third-order valence-corrected chi connectivity index (χ3v) is 1.37. The van der Waals surface area contributed by atoms with Crippen molar-refractivity contribution < 1.29 is 27.8 Å². The number of carbonyl (C=O) groups is 1. The van der Waals surface area contributed by atoms with Crippen LogP contribution in [0.3, 0.4) is 0 Å². The van der Waals surface area contributed by atoms with Gasteiger partial charge in [0.15, 0.2) is 6.10 Å². The molecule has 0 fully saturated rings. The normalized spacial score (nSPS) is 17.1. The SMILES string of the molecule is CC(C)(C)OC(=O)[C@H](O)[C@@H](N)C(F)(F)F. The quantitative estimate of drug-likeness (QED) is 0.679. The summed E-state index contributed by atoms with van der Waals surface area (Å²) in [5, 5.41) is 8.97. The first kappa shape index (κ1) is 14.2. The van der Waals surface area contributed by atoms with Crippen LogP contribution in [0.5, 0.6) is 0 Å². The van der Waals surface area contributed by atoms with Crippen LogP contribution >= 0.6 is 0 Å². The highest BCUT2D eigenvalue weighted by Crippen LogP contribution is 2.22. The number of aliphatic hydroxyl groups excluding tert-OH is 1. The van der Waals surface area contributed by atoms with Gasteiger partial charge in [-0.25, -0.2) is 4.79 Å². The van der Waals surface area contributed by atoms with Gasteiger partial charge in [0.1, 0.15) is 11.6 Å². The van der Waals surface area contributed by atoms with Gasteiger partial charge in [0, 0.05) is 0 Å². The zero-order valence-electron chi connectivity index (χ0n) is 8.63. The summed E-state index contributed by atoms with van der Waals surface area (Å²) < 4.78 is 40.5. The van der Waals surface area contributed by atoms with Crippen LogP contribution in [-0.4, -0.2) is 35.0 Å². The van der Waals surface area contributed by atoms with E-state index in [9.17, 15) is 18.0 Å². The summed E-state index contributed by atoms with van der Waals surface area (Å²) in [6, 6.07) is -2.63. The van der Waals surface area contributed by atoms with Crippen molar-refractivity contribution in [1.82, 2.24) is 0 Å². The summed E-state index contributed by atoms with van der Waals surface area (Å²) in [6.45, 7) is 4.41. The zero-order valence-corrected chi connectivity index (χ0v) is 8.63. The smallest absolute Gasteiger partial charge is 0.406 e. The van der Waals surface area contributed by atoms with Crippen molar-refractivity contribution in [3.63, 3.8) is 0 Å². The Labute approximate surface area is 85.2 Å². The molecule has 0 heterocycles. The number of carbonyl (C=O) groups excluding carboxylic acids is 1. The summed E-state index contributed by atoms with van der Waals surface area (Å²) in [5.74, 6) is -1.38. The van der Waals surface area contributed by atoms with Crippen molar-refractivity contribution in [3.05, 3.63) is 0 Å². The van der Waals surface area contributed by atoms with Crippen molar-refractivity contribution in [3.8, 4) is 0 Å². The first-order valence-corrected chi connectivity index (χ1v) is 4.18. The van der Waals surface area contributed by atoms with Gasteiger partial charge >= 0.3 is 12.1 Å². The minimum Gasteiger partial charge on any atom is -0.458 e. The van der Waals surface area contributed by atoms with Crippen LogP contribution in [0.25, 0.3) is 0 Å². The molecule has 0 aromatic heterocycles. The fraction of sp³-hybridized carbons (Fsp3) is 0.875. The van der Waals surface area contributed by atoms with Crippen molar-refractivity contribution in [2.24, 2.45) is 5.73 Å². The molecule has 0 bridgehead atoms. The molecule has 3 N–H and O–H groups in total. The van der Waals surface area contributed by atoms with E-state index in [0.717, 1.165) is 0 Å². The molecule has 0 rings (SSSR count).